The van der Waals surface area contributed by atoms with E-state index in [2.05, 4.69) is 13.8 Å². The second-order valence-electron chi connectivity index (χ2n) is 3.33. The van der Waals surface area contributed by atoms with Gasteiger partial charge in [0.05, 0.1) is 5.02 Å². The highest BCUT2D eigenvalue weighted by Gasteiger charge is 2.06. The Bertz CT molecular complexity index is 269. The van der Waals surface area contributed by atoms with Crippen LogP contribution in [0, 0.1) is 6.92 Å². The molecule has 0 heterocycles. The Morgan fingerprint density at radius 1 is 1.33 bits per heavy atom. The molecular formula is C10H13ClO. The number of aryl methyl sites for hydroxylation is 1. The summed E-state index contributed by atoms with van der Waals surface area (Å²) in [7, 11) is 0. The van der Waals surface area contributed by atoms with Gasteiger partial charge in [-0.25, -0.2) is 0 Å². The molecular weight excluding hydrogens is 172 g/mol. The highest BCUT2D eigenvalue weighted by atomic mass is 35.5. The molecule has 1 aromatic rings. The lowest BCUT2D eigenvalue weighted by Gasteiger charge is -2.08. The third kappa shape index (κ3) is 1.72. The number of aromatic hydroxyl groups is 1. The fourth-order valence-electron chi connectivity index (χ4n) is 1.11. The number of rotatable bonds is 1. The van der Waals surface area contributed by atoms with Crippen LogP contribution in [-0.2, 0) is 0 Å². The van der Waals surface area contributed by atoms with E-state index in [1.54, 1.807) is 6.07 Å². The molecule has 0 aromatic heterocycles. The number of hydrogen-bond acceptors (Lipinski definition) is 1. The van der Waals surface area contributed by atoms with E-state index in [1.165, 1.54) is 0 Å². The fraction of sp³-hybridized carbons (Fsp3) is 0.400. The van der Waals surface area contributed by atoms with E-state index in [4.69, 9.17) is 11.6 Å². The second kappa shape index (κ2) is 3.36. The maximum Gasteiger partial charge on any atom is 0.134 e. The van der Waals surface area contributed by atoms with Gasteiger partial charge in [0.25, 0.3) is 0 Å². The van der Waals surface area contributed by atoms with Crippen molar-refractivity contribution in [2.45, 2.75) is 26.7 Å². The third-order valence-electron chi connectivity index (χ3n) is 1.92. The van der Waals surface area contributed by atoms with Crippen LogP contribution in [0.15, 0.2) is 12.1 Å². The van der Waals surface area contributed by atoms with Crippen molar-refractivity contribution in [3.05, 3.63) is 28.3 Å². The van der Waals surface area contributed by atoms with E-state index >= 15 is 0 Å². The van der Waals surface area contributed by atoms with Gasteiger partial charge in [-0.3, -0.25) is 0 Å². The smallest absolute Gasteiger partial charge is 0.134 e. The number of phenolic OH excluding ortho intramolecular Hbond substituents is 1. The molecule has 0 aliphatic heterocycles. The maximum absolute atomic E-state index is 9.40. The Labute approximate surface area is 78.0 Å². The van der Waals surface area contributed by atoms with Gasteiger partial charge in [-0.05, 0) is 30.0 Å². The summed E-state index contributed by atoms with van der Waals surface area (Å²) in [5.41, 5.74) is 2.05. The standard InChI is InChI=1S/C10H13ClO/c1-6(2)8-4-7(3)10(11)9(12)5-8/h4-6,12H,1-3H3. The topological polar surface area (TPSA) is 20.2 Å². The average Bonchev–Trinajstić information content (AvgIpc) is 1.99. The van der Waals surface area contributed by atoms with Gasteiger partial charge in [0.1, 0.15) is 5.75 Å². The van der Waals surface area contributed by atoms with Gasteiger partial charge in [0, 0.05) is 0 Å². The molecule has 2 heteroatoms. The normalized spacial score (nSPS) is 10.8. The molecule has 0 spiro atoms. The van der Waals surface area contributed by atoms with Crippen LogP contribution in [0.3, 0.4) is 0 Å². The van der Waals surface area contributed by atoms with Crippen LogP contribution in [0.5, 0.6) is 5.75 Å². The minimum atomic E-state index is 0.181. The lowest BCUT2D eigenvalue weighted by atomic mass is 10.0. The molecule has 0 aliphatic rings. The molecule has 0 amide bonds. The van der Waals surface area contributed by atoms with Gasteiger partial charge in [-0.2, -0.15) is 0 Å². The van der Waals surface area contributed by atoms with Crippen molar-refractivity contribution in [3.8, 4) is 5.75 Å². The van der Waals surface area contributed by atoms with Crippen LogP contribution >= 0.6 is 11.6 Å². The quantitative estimate of drug-likeness (QED) is 0.709. The van der Waals surface area contributed by atoms with Crippen LogP contribution in [0.25, 0.3) is 0 Å². The monoisotopic (exact) mass is 184 g/mol. The molecule has 0 bridgehead atoms. The Balaban J connectivity index is 3.21. The minimum Gasteiger partial charge on any atom is -0.506 e. The van der Waals surface area contributed by atoms with Crippen LogP contribution < -0.4 is 0 Å². The molecule has 1 N–H and O–H groups in total. The van der Waals surface area contributed by atoms with Crippen LogP contribution in [-0.4, -0.2) is 5.11 Å². The Kier molecular flexibility index (Phi) is 2.63. The van der Waals surface area contributed by atoms with Gasteiger partial charge in [0.2, 0.25) is 0 Å². The summed E-state index contributed by atoms with van der Waals surface area (Å²) in [5.74, 6) is 0.604. The molecule has 1 aromatic carbocycles. The van der Waals surface area contributed by atoms with Crippen molar-refractivity contribution >= 4 is 11.6 Å². The summed E-state index contributed by atoms with van der Waals surface area (Å²) in [5, 5.41) is 9.86. The lowest BCUT2D eigenvalue weighted by Crippen LogP contribution is -1.88. The highest BCUT2D eigenvalue weighted by Crippen LogP contribution is 2.30. The first-order valence-electron chi connectivity index (χ1n) is 4.01. The van der Waals surface area contributed by atoms with E-state index in [-0.39, 0.29) is 5.75 Å². The van der Waals surface area contributed by atoms with Crippen molar-refractivity contribution in [1.82, 2.24) is 0 Å². The largest absolute Gasteiger partial charge is 0.506 e. The van der Waals surface area contributed by atoms with E-state index in [0.29, 0.717) is 10.9 Å². The van der Waals surface area contributed by atoms with Crippen molar-refractivity contribution in [1.29, 1.82) is 0 Å². The van der Waals surface area contributed by atoms with Crippen molar-refractivity contribution < 1.29 is 5.11 Å². The zero-order chi connectivity index (χ0) is 9.30. The van der Waals surface area contributed by atoms with E-state index in [0.717, 1.165) is 11.1 Å². The molecule has 0 saturated carbocycles. The van der Waals surface area contributed by atoms with E-state index in [1.807, 2.05) is 13.0 Å². The summed E-state index contributed by atoms with van der Waals surface area (Å²) >= 11 is 5.80. The van der Waals surface area contributed by atoms with Crippen LogP contribution in [0.2, 0.25) is 5.02 Å². The number of hydrogen-bond donors (Lipinski definition) is 1. The predicted molar refractivity (Wildman–Crippen MR) is 51.9 cm³/mol. The molecule has 0 unspecified atom stereocenters. The SMILES string of the molecule is Cc1cc(C(C)C)cc(O)c1Cl. The Hall–Kier alpha value is -0.690. The number of phenols is 1. The molecule has 1 rings (SSSR count). The summed E-state index contributed by atoms with van der Waals surface area (Å²) in [6, 6.07) is 3.73. The van der Waals surface area contributed by atoms with Gasteiger partial charge < -0.3 is 5.11 Å². The first kappa shape index (κ1) is 9.40. The van der Waals surface area contributed by atoms with Crippen LogP contribution in [0.1, 0.15) is 30.9 Å². The molecule has 0 atom stereocenters. The van der Waals surface area contributed by atoms with E-state index in [9.17, 15) is 5.11 Å². The van der Waals surface area contributed by atoms with E-state index < -0.39 is 0 Å². The first-order chi connectivity index (χ1) is 5.52. The number of benzene rings is 1. The molecule has 66 valence electrons. The van der Waals surface area contributed by atoms with Gasteiger partial charge >= 0.3 is 0 Å². The Morgan fingerprint density at radius 3 is 2.33 bits per heavy atom. The lowest BCUT2D eigenvalue weighted by molar-refractivity contribution is 0.474. The van der Waals surface area contributed by atoms with Crippen molar-refractivity contribution in [3.63, 3.8) is 0 Å². The van der Waals surface area contributed by atoms with Crippen molar-refractivity contribution in [2.24, 2.45) is 0 Å². The third-order valence-corrected chi connectivity index (χ3v) is 2.42. The highest BCUT2D eigenvalue weighted by molar-refractivity contribution is 6.32. The maximum atomic E-state index is 9.40. The zero-order valence-electron chi connectivity index (χ0n) is 7.56. The number of halogens is 1. The zero-order valence-corrected chi connectivity index (χ0v) is 8.31. The molecule has 12 heavy (non-hydrogen) atoms. The van der Waals surface area contributed by atoms with Gasteiger partial charge in [-0.1, -0.05) is 31.5 Å². The molecule has 1 nitrogen and oxygen atoms in total. The summed E-state index contributed by atoms with van der Waals surface area (Å²) < 4.78 is 0. The fourth-order valence-corrected chi connectivity index (χ4v) is 1.22. The van der Waals surface area contributed by atoms with Gasteiger partial charge in [0.15, 0.2) is 0 Å². The Morgan fingerprint density at radius 2 is 1.92 bits per heavy atom. The molecule has 0 radical (unpaired) electrons. The predicted octanol–water partition coefficient (Wildman–Crippen LogP) is 3.48. The van der Waals surface area contributed by atoms with Crippen LogP contribution in [0.4, 0.5) is 0 Å². The van der Waals surface area contributed by atoms with Crippen molar-refractivity contribution in [2.75, 3.05) is 0 Å². The molecule has 0 fully saturated rings. The molecule has 0 aliphatic carbocycles. The second-order valence-corrected chi connectivity index (χ2v) is 3.70. The summed E-state index contributed by atoms with van der Waals surface area (Å²) in [6.07, 6.45) is 0. The molecule has 0 saturated heterocycles. The summed E-state index contributed by atoms with van der Waals surface area (Å²) in [4.78, 5) is 0. The van der Waals surface area contributed by atoms with Gasteiger partial charge in [-0.15, -0.1) is 0 Å². The minimum absolute atomic E-state index is 0.181. The first-order valence-corrected chi connectivity index (χ1v) is 4.39. The summed E-state index contributed by atoms with van der Waals surface area (Å²) in [6.45, 7) is 6.07. The average molecular weight is 185 g/mol.